The molecule has 0 saturated heterocycles. The van der Waals surface area contributed by atoms with E-state index < -0.39 is 0 Å². The highest BCUT2D eigenvalue weighted by Crippen LogP contribution is 2.13. The second kappa shape index (κ2) is 6.87. The maximum absolute atomic E-state index is 8.93. The van der Waals surface area contributed by atoms with Crippen molar-refractivity contribution in [2.45, 2.75) is 12.5 Å². The summed E-state index contributed by atoms with van der Waals surface area (Å²) >= 11 is 0. The zero-order valence-electron chi connectivity index (χ0n) is 10.1. The van der Waals surface area contributed by atoms with Crippen LogP contribution in [0.5, 0.6) is 0 Å². The molecule has 0 aliphatic rings. The fourth-order valence-corrected chi connectivity index (χ4v) is 1.43. The molecule has 96 valence electrons. The summed E-state index contributed by atoms with van der Waals surface area (Å²) < 4.78 is 5.05. The van der Waals surface area contributed by atoms with Gasteiger partial charge < -0.3 is 26.2 Å². The average Bonchev–Trinajstić information content (AvgIpc) is 2.29. The molecular formula is C10H19N5O2. The van der Waals surface area contributed by atoms with E-state index in [0.29, 0.717) is 24.7 Å². The SMILES string of the molecule is CNc1cc(NC(CCO)COC)nc(N)n1. The first kappa shape index (κ1) is 13.5. The zero-order chi connectivity index (χ0) is 12.7. The van der Waals surface area contributed by atoms with E-state index in [4.69, 9.17) is 15.6 Å². The third-order valence-corrected chi connectivity index (χ3v) is 2.20. The minimum Gasteiger partial charge on any atom is -0.396 e. The molecular weight excluding hydrogens is 222 g/mol. The number of methoxy groups -OCH3 is 1. The van der Waals surface area contributed by atoms with Crippen molar-refractivity contribution in [3.05, 3.63) is 6.07 Å². The maximum atomic E-state index is 8.93. The van der Waals surface area contributed by atoms with Gasteiger partial charge in [0.15, 0.2) is 0 Å². The Balaban J connectivity index is 2.73. The first-order valence-corrected chi connectivity index (χ1v) is 5.38. The molecule has 0 saturated carbocycles. The smallest absolute Gasteiger partial charge is 0.223 e. The Morgan fingerprint density at radius 2 is 2.18 bits per heavy atom. The maximum Gasteiger partial charge on any atom is 0.223 e. The van der Waals surface area contributed by atoms with E-state index in [9.17, 15) is 0 Å². The van der Waals surface area contributed by atoms with Gasteiger partial charge in [-0.1, -0.05) is 0 Å². The molecule has 7 nitrogen and oxygen atoms in total. The van der Waals surface area contributed by atoms with Gasteiger partial charge in [-0.15, -0.1) is 0 Å². The number of rotatable bonds is 7. The number of aliphatic hydroxyl groups excluding tert-OH is 1. The molecule has 1 aromatic heterocycles. The van der Waals surface area contributed by atoms with E-state index in [0.717, 1.165) is 0 Å². The van der Waals surface area contributed by atoms with Gasteiger partial charge in [0.25, 0.3) is 0 Å². The lowest BCUT2D eigenvalue weighted by atomic mass is 10.2. The van der Waals surface area contributed by atoms with Crippen LogP contribution in [0.1, 0.15) is 6.42 Å². The van der Waals surface area contributed by atoms with Gasteiger partial charge in [-0.2, -0.15) is 9.97 Å². The summed E-state index contributed by atoms with van der Waals surface area (Å²) in [5, 5.41) is 15.0. The van der Waals surface area contributed by atoms with Crippen molar-refractivity contribution in [3.63, 3.8) is 0 Å². The molecule has 1 rings (SSSR count). The number of anilines is 3. The molecule has 5 N–H and O–H groups in total. The van der Waals surface area contributed by atoms with Gasteiger partial charge in [-0.3, -0.25) is 0 Å². The molecule has 1 heterocycles. The molecule has 1 atom stereocenters. The lowest BCUT2D eigenvalue weighted by Gasteiger charge is -2.17. The molecule has 0 spiro atoms. The van der Waals surface area contributed by atoms with Crippen LogP contribution in [-0.4, -0.2) is 48.5 Å². The number of hydrogen-bond donors (Lipinski definition) is 4. The predicted molar refractivity (Wildman–Crippen MR) is 67.0 cm³/mol. The molecule has 7 heteroatoms. The second-order valence-corrected chi connectivity index (χ2v) is 3.56. The van der Waals surface area contributed by atoms with Crippen LogP contribution in [0, 0.1) is 0 Å². The summed E-state index contributed by atoms with van der Waals surface area (Å²) in [5.74, 6) is 1.44. The topological polar surface area (TPSA) is 105 Å². The lowest BCUT2D eigenvalue weighted by Crippen LogP contribution is -2.26. The normalized spacial score (nSPS) is 12.2. The highest BCUT2D eigenvalue weighted by atomic mass is 16.5. The van der Waals surface area contributed by atoms with Gasteiger partial charge in [0, 0.05) is 26.8 Å². The fraction of sp³-hybridized carbons (Fsp3) is 0.600. The van der Waals surface area contributed by atoms with Gasteiger partial charge in [0.2, 0.25) is 5.95 Å². The van der Waals surface area contributed by atoms with Crippen molar-refractivity contribution in [2.75, 3.05) is 43.7 Å². The van der Waals surface area contributed by atoms with Crippen molar-refractivity contribution in [1.82, 2.24) is 9.97 Å². The Morgan fingerprint density at radius 3 is 2.76 bits per heavy atom. The van der Waals surface area contributed by atoms with Crippen molar-refractivity contribution in [3.8, 4) is 0 Å². The van der Waals surface area contributed by atoms with E-state index in [1.165, 1.54) is 0 Å². The predicted octanol–water partition coefficient (Wildman–Crippen LogP) is -0.0902. The van der Waals surface area contributed by atoms with Crippen LogP contribution in [-0.2, 0) is 4.74 Å². The van der Waals surface area contributed by atoms with Gasteiger partial charge in [0.05, 0.1) is 12.6 Å². The number of nitrogen functional groups attached to an aromatic ring is 1. The van der Waals surface area contributed by atoms with Crippen LogP contribution in [0.15, 0.2) is 6.07 Å². The Kier molecular flexibility index (Phi) is 5.44. The quantitative estimate of drug-likeness (QED) is 0.528. The molecule has 0 aromatic carbocycles. The summed E-state index contributed by atoms with van der Waals surface area (Å²) in [4.78, 5) is 8.05. The first-order valence-electron chi connectivity index (χ1n) is 5.38. The van der Waals surface area contributed by atoms with Gasteiger partial charge in [-0.05, 0) is 6.42 Å². The van der Waals surface area contributed by atoms with Crippen LogP contribution >= 0.6 is 0 Å². The van der Waals surface area contributed by atoms with E-state index in [1.807, 2.05) is 0 Å². The molecule has 0 radical (unpaired) electrons. The van der Waals surface area contributed by atoms with Crippen LogP contribution < -0.4 is 16.4 Å². The highest BCUT2D eigenvalue weighted by molar-refractivity contribution is 5.51. The Labute approximate surface area is 100 Å². The third-order valence-electron chi connectivity index (χ3n) is 2.20. The Morgan fingerprint density at radius 1 is 1.47 bits per heavy atom. The van der Waals surface area contributed by atoms with Gasteiger partial charge in [0.1, 0.15) is 11.6 Å². The number of aliphatic hydroxyl groups is 1. The summed E-state index contributed by atoms with van der Waals surface area (Å²) in [6.07, 6.45) is 0.576. The zero-order valence-corrected chi connectivity index (χ0v) is 10.1. The Hall–Kier alpha value is -1.60. The molecule has 0 aliphatic heterocycles. The fourth-order valence-electron chi connectivity index (χ4n) is 1.43. The molecule has 0 aliphatic carbocycles. The molecule has 0 amide bonds. The van der Waals surface area contributed by atoms with Crippen molar-refractivity contribution >= 4 is 17.6 Å². The summed E-state index contributed by atoms with van der Waals surface area (Å²) in [7, 11) is 3.37. The van der Waals surface area contributed by atoms with Gasteiger partial charge in [-0.25, -0.2) is 0 Å². The van der Waals surface area contributed by atoms with Crippen LogP contribution in [0.25, 0.3) is 0 Å². The lowest BCUT2D eigenvalue weighted by molar-refractivity contribution is 0.170. The summed E-state index contributed by atoms with van der Waals surface area (Å²) in [6.45, 7) is 0.569. The van der Waals surface area contributed by atoms with Crippen molar-refractivity contribution < 1.29 is 9.84 Å². The number of aromatic nitrogens is 2. The van der Waals surface area contributed by atoms with E-state index >= 15 is 0 Å². The van der Waals surface area contributed by atoms with Gasteiger partial charge >= 0.3 is 0 Å². The number of nitrogens with two attached hydrogens (primary N) is 1. The van der Waals surface area contributed by atoms with Crippen LogP contribution in [0.3, 0.4) is 0 Å². The van der Waals surface area contributed by atoms with Crippen LogP contribution in [0.2, 0.25) is 0 Å². The van der Waals surface area contributed by atoms with Crippen LogP contribution in [0.4, 0.5) is 17.6 Å². The summed E-state index contributed by atoms with van der Waals surface area (Å²) in [6, 6.07) is 1.74. The number of nitrogens with one attached hydrogen (secondary N) is 2. The molecule has 1 unspecified atom stereocenters. The number of hydrogen-bond acceptors (Lipinski definition) is 7. The van der Waals surface area contributed by atoms with E-state index in [2.05, 4.69) is 20.6 Å². The highest BCUT2D eigenvalue weighted by Gasteiger charge is 2.09. The van der Waals surface area contributed by atoms with Crippen molar-refractivity contribution in [1.29, 1.82) is 0 Å². The van der Waals surface area contributed by atoms with E-state index in [1.54, 1.807) is 20.2 Å². The molecule has 0 bridgehead atoms. The number of ether oxygens (including phenoxy) is 1. The standard InChI is InChI=1S/C10H19N5O2/c1-12-8-5-9(15-10(11)14-8)13-7(3-4-16)6-17-2/h5,7,16H,3-4,6H2,1-2H3,(H4,11,12,13,14,15). The minimum atomic E-state index is -0.0102. The largest absolute Gasteiger partial charge is 0.396 e. The summed E-state index contributed by atoms with van der Waals surface area (Å²) in [5.41, 5.74) is 5.58. The van der Waals surface area contributed by atoms with E-state index in [-0.39, 0.29) is 18.6 Å². The molecule has 1 aromatic rings. The van der Waals surface area contributed by atoms with Crippen molar-refractivity contribution in [2.24, 2.45) is 0 Å². The minimum absolute atomic E-state index is 0.0102. The average molecular weight is 241 g/mol. The second-order valence-electron chi connectivity index (χ2n) is 3.56. The third kappa shape index (κ3) is 4.41. The Bertz CT molecular complexity index is 341. The molecule has 17 heavy (non-hydrogen) atoms. The monoisotopic (exact) mass is 241 g/mol. The number of nitrogens with zero attached hydrogens (tertiary/aromatic N) is 2. The molecule has 0 fully saturated rings. The first-order chi connectivity index (χ1) is 8.19.